The zero-order chi connectivity index (χ0) is 20.8. The largest absolute Gasteiger partial charge is 0.322 e. The fraction of sp³-hybridized carbons (Fsp3) is 0.0455. The first-order chi connectivity index (χ1) is 13.9. The number of rotatable bonds is 5. The van der Waals surface area contributed by atoms with Crippen LogP contribution in [0.5, 0.6) is 0 Å². The first kappa shape index (κ1) is 20.6. The molecule has 0 aliphatic carbocycles. The van der Waals surface area contributed by atoms with Crippen LogP contribution >= 0.6 is 23.2 Å². The molecule has 0 unspecified atom stereocenters. The van der Waals surface area contributed by atoms with Crippen molar-refractivity contribution in [2.75, 3.05) is 5.32 Å². The highest BCUT2D eigenvalue weighted by molar-refractivity contribution is 6.37. The number of nitrogens with one attached hydrogen (secondary N) is 2. The second-order valence-corrected chi connectivity index (χ2v) is 7.11. The zero-order valence-corrected chi connectivity index (χ0v) is 17.0. The summed E-state index contributed by atoms with van der Waals surface area (Å²) >= 11 is 11.9. The molecule has 0 atom stereocenters. The molecule has 29 heavy (non-hydrogen) atoms. The van der Waals surface area contributed by atoms with Gasteiger partial charge in [-0.1, -0.05) is 53.0 Å². The Morgan fingerprint density at radius 3 is 2.24 bits per heavy atom. The topological polar surface area (TPSA) is 70.6 Å². The predicted molar refractivity (Wildman–Crippen MR) is 117 cm³/mol. The number of aryl methyl sites for hydroxylation is 1. The molecule has 0 saturated carbocycles. The normalized spacial score (nSPS) is 10.7. The Balaban J connectivity index is 1.59. The fourth-order valence-corrected chi connectivity index (χ4v) is 2.95. The van der Waals surface area contributed by atoms with E-state index in [9.17, 15) is 9.59 Å². The maximum Gasteiger partial charge on any atom is 0.271 e. The molecule has 0 aromatic heterocycles. The maximum absolute atomic E-state index is 12.3. The van der Waals surface area contributed by atoms with Crippen LogP contribution in [0, 0.1) is 6.92 Å². The quantitative estimate of drug-likeness (QED) is 0.428. The van der Waals surface area contributed by atoms with Gasteiger partial charge in [0.2, 0.25) is 0 Å². The molecule has 3 aromatic rings. The number of carbonyl (C=O) groups is 2. The average molecular weight is 426 g/mol. The number of amides is 2. The van der Waals surface area contributed by atoms with E-state index in [1.165, 1.54) is 6.07 Å². The number of anilines is 1. The molecule has 0 saturated heterocycles. The lowest BCUT2D eigenvalue weighted by Crippen LogP contribution is -2.18. The lowest BCUT2D eigenvalue weighted by atomic mass is 10.1. The summed E-state index contributed by atoms with van der Waals surface area (Å²) in [6.45, 7) is 2.00. The van der Waals surface area contributed by atoms with Crippen LogP contribution in [0.4, 0.5) is 5.69 Å². The number of hydrazone groups is 1. The summed E-state index contributed by atoms with van der Waals surface area (Å²) in [5, 5.41) is 7.39. The molecule has 0 spiro atoms. The fourth-order valence-electron chi connectivity index (χ4n) is 2.46. The van der Waals surface area contributed by atoms with Crippen molar-refractivity contribution in [2.24, 2.45) is 5.10 Å². The molecule has 0 radical (unpaired) electrons. The number of hydrogen-bond donors (Lipinski definition) is 2. The minimum atomic E-state index is -0.369. The third kappa shape index (κ3) is 5.67. The Labute approximate surface area is 178 Å². The van der Waals surface area contributed by atoms with E-state index in [2.05, 4.69) is 15.8 Å². The SMILES string of the molecule is Cc1ccc(/C=N\NC(=O)c2ccc(NC(=O)c3ccc(Cl)cc3Cl)cc2)cc1. The Hall–Kier alpha value is -3.15. The van der Waals surface area contributed by atoms with Crippen molar-refractivity contribution in [3.63, 3.8) is 0 Å². The molecule has 0 bridgehead atoms. The van der Waals surface area contributed by atoms with Gasteiger partial charge >= 0.3 is 0 Å². The van der Waals surface area contributed by atoms with Crippen molar-refractivity contribution in [3.8, 4) is 0 Å². The number of nitrogens with zero attached hydrogens (tertiary/aromatic N) is 1. The van der Waals surface area contributed by atoms with Crippen molar-refractivity contribution >= 4 is 46.9 Å². The molecule has 3 aromatic carbocycles. The van der Waals surface area contributed by atoms with Gasteiger partial charge in [-0.25, -0.2) is 5.43 Å². The average Bonchev–Trinajstić information content (AvgIpc) is 2.70. The molecule has 146 valence electrons. The lowest BCUT2D eigenvalue weighted by molar-refractivity contribution is 0.0954. The van der Waals surface area contributed by atoms with E-state index in [1.54, 1.807) is 42.6 Å². The van der Waals surface area contributed by atoms with Crippen LogP contribution < -0.4 is 10.7 Å². The van der Waals surface area contributed by atoms with E-state index >= 15 is 0 Å². The maximum atomic E-state index is 12.3. The van der Waals surface area contributed by atoms with Crippen molar-refractivity contribution < 1.29 is 9.59 Å². The summed E-state index contributed by atoms with van der Waals surface area (Å²) in [6, 6.07) is 18.8. The molecule has 0 heterocycles. The van der Waals surface area contributed by atoms with Crippen LogP contribution in [0.2, 0.25) is 10.0 Å². The number of carbonyl (C=O) groups excluding carboxylic acids is 2. The van der Waals surface area contributed by atoms with Gasteiger partial charge in [-0.2, -0.15) is 5.10 Å². The third-order valence-electron chi connectivity index (χ3n) is 4.04. The van der Waals surface area contributed by atoms with Crippen LogP contribution in [-0.4, -0.2) is 18.0 Å². The molecular weight excluding hydrogens is 409 g/mol. The summed E-state index contributed by atoms with van der Waals surface area (Å²) in [5.74, 6) is -0.724. The molecule has 0 aliphatic heterocycles. The lowest BCUT2D eigenvalue weighted by Gasteiger charge is -2.08. The Bertz CT molecular complexity index is 1060. The van der Waals surface area contributed by atoms with Crippen molar-refractivity contribution in [3.05, 3.63) is 99.0 Å². The number of hydrogen-bond acceptors (Lipinski definition) is 3. The van der Waals surface area contributed by atoms with E-state index in [4.69, 9.17) is 23.2 Å². The van der Waals surface area contributed by atoms with E-state index in [1.807, 2.05) is 31.2 Å². The molecule has 3 rings (SSSR count). The molecule has 2 N–H and O–H groups in total. The van der Waals surface area contributed by atoms with Crippen molar-refractivity contribution in [2.45, 2.75) is 6.92 Å². The smallest absolute Gasteiger partial charge is 0.271 e. The van der Waals surface area contributed by atoms with Crippen molar-refractivity contribution in [1.29, 1.82) is 0 Å². The zero-order valence-electron chi connectivity index (χ0n) is 15.4. The van der Waals surface area contributed by atoms with E-state index in [0.717, 1.165) is 11.1 Å². The molecule has 2 amide bonds. The highest BCUT2D eigenvalue weighted by Gasteiger charge is 2.11. The second-order valence-electron chi connectivity index (χ2n) is 6.27. The van der Waals surface area contributed by atoms with Crippen LogP contribution in [0.3, 0.4) is 0 Å². The van der Waals surface area contributed by atoms with Gasteiger partial charge in [0.25, 0.3) is 11.8 Å². The van der Waals surface area contributed by atoms with Crippen LogP contribution in [0.25, 0.3) is 0 Å². The monoisotopic (exact) mass is 425 g/mol. The Morgan fingerprint density at radius 1 is 0.897 bits per heavy atom. The van der Waals surface area contributed by atoms with Crippen LogP contribution in [-0.2, 0) is 0 Å². The summed E-state index contributed by atoms with van der Waals surface area (Å²) in [6.07, 6.45) is 1.57. The van der Waals surface area contributed by atoms with Gasteiger partial charge < -0.3 is 5.32 Å². The number of benzene rings is 3. The van der Waals surface area contributed by atoms with Gasteiger partial charge in [0, 0.05) is 16.3 Å². The number of halogens is 2. The summed E-state index contributed by atoms with van der Waals surface area (Å²) < 4.78 is 0. The second kappa shape index (κ2) is 9.37. The van der Waals surface area contributed by atoms with Crippen molar-refractivity contribution in [1.82, 2.24) is 5.43 Å². The molecule has 0 aliphatic rings. The molecular formula is C22H17Cl2N3O2. The molecule has 7 heteroatoms. The standard InChI is InChI=1S/C22H17Cl2N3O2/c1-14-2-4-15(5-3-14)13-25-27-21(28)16-6-9-18(10-7-16)26-22(29)19-11-8-17(23)12-20(19)24/h2-13H,1H3,(H,26,29)(H,27,28)/b25-13-. The van der Waals surface area contributed by atoms with E-state index < -0.39 is 0 Å². The third-order valence-corrected chi connectivity index (χ3v) is 4.59. The van der Waals surface area contributed by atoms with Crippen LogP contribution in [0.1, 0.15) is 31.8 Å². The van der Waals surface area contributed by atoms with E-state index in [0.29, 0.717) is 21.8 Å². The predicted octanol–water partition coefficient (Wildman–Crippen LogP) is 5.32. The van der Waals surface area contributed by atoms with Gasteiger partial charge in [0.15, 0.2) is 0 Å². The minimum absolute atomic E-state index is 0.262. The van der Waals surface area contributed by atoms with Gasteiger partial charge in [-0.15, -0.1) is 0 Å². The summed E-state index contributed by atoms with van der Waals surface area (Å²) in [7, 11) is 0. The van der Waals surface area contributed by atoms with Gasteiger partial charge in [0.1, 0.15) is 0 Å². The van der Waals surface area contributed by atoms with Gasteiger partial charge in [0.05, 0.1) is 16.8 Å². The summed E-state index contributed by atoms with van der Waals surface area (Å²) in [4.78, 5) is 24.5. The molecule has 5 nitrogen and oxygen atoms in total. The van der Waals surface area contributed by atoms with E-state index in [-0.39, 0.29) is 16.8 Å². The first-order valence-corrected chi connectivity index (χ1v) is 9.44. The minimum Gasteiger partial charge on any atom is -0.322 e. The molecule has 0 fully saturated rings. The van der Waals surface area contributed by atoms with Gasteiger partial charge in [-0.05, 0) is 55.0 Å². The summed E-state index contributed by atoms with van der Waals surface area (Å²) in [5.41, 5.74) is 5.76. The Kier molecular flexibility index (Phi) is 6.65. The van der Waals surface area contributed by atoms with Crippen LogP contribution in [0.15, 0.2) is 71.8 Å². The first-order valence-electron chi connectivity index (χ1n) is 8.69. The highest BCUT2D eigenvalue weighted by atomic mass is 35.5. The Morgan fingerprint density at radius 2 is 1.59 bits per heavy atom. The highest BCUT2D eigenvalue weighted by Crippen LogP contribution is 2.22. The van der Waals surface area contributed by atoms with Gasteiger partial charge in [-0.3, -0.25) is 9.59 Å².